The number of hydrogen-bond acceptors (Lipinski definition) is 6. The van der Waals surface area contributed by atoms with Gasteiger partial charge in [-0.2, -0.15) is 0 Å². The summed E-state index contributed by atoms with van der Waals surface area (Å²) < 4.78 is 34.0. The zero-order valence-corrected chi connectivity index (χ0v) is 24.5. The number of carbonyl (C=O) groups excluding carboxylic acids is 3. The topological polar surface area (TPSA) is 108 Å². The normalized spacial score (nSPS) is 19.7. The molecule has 1 unspecified atom stereocenters. The summed E-state index contributed by atoms with van der Waals surface area (Å²) in [7, 11) is 0. The Balaban J connectivity index is 2.08. The van der Waals surface area contributed by atoms with Crippen molar-refractivity contribution in [3.8, 4) is 0 Å². The Bertz CT molecular complexity index is 1230. The molecule has 3 N–H and O–H groups in total. The third kappa shape index (κ3) is 8.33. The maximum absolute atomic E-state index is 14.4. The van der Waals surface area contributed by atoms with Gasteiger partial charge in [-0.3, -0.25) is 19.7 Å². The minimum Gasteiger partial charge on any atom is -0.462 e. The summed E-state index contributed by atoms with van der Waals surface area (Å²) in [6, 6.07) is 8.86. The van der Waals surface area contributed by atoms with Crippen LogP contribution in [0.3, 0.4) is 0 Å². The Morgan fingerprint density at radius 1 is 1.05 bits per heavy atom. The van der Waals surface area contributed by atoms with Gasteiger partial charge in [0.25, 0.3) is 0 Å². The van der Waals surface area contributed by atoms with Gasteiger partial charge in [0.1, 0.15) is 18.2 Å². The van der Waals surface area contributed by atoms with Gasteiger partial charge in [0.2, 0.25) is 11.8 Å². The largest absolute Gasteiger partial charge is 0.462 e. The Morgan fingerprint density at radius 2 is 1.71 bits per heavy atom. The van der Waals surface area contributed by atoms with Crippen LogP contribution in [0, 0.1) is 11.6 Å². The second-order valence-electron chi connectivity index (χ2n) is 11.4. The van der Waals surface area contributed by atoms with Crippen LogP contribution >= 0.6 is 0 Å². The minimum absolute atomic E-state index is 0.0843. The number of nitrogens with one attached hydrogen (secondary N) is 2. The number of rotatable bonds is 11. The van der Waals surface area contributed by atoms with Crippen molar-refractivity contribution >= 4 is 17.8 Å². The van der Waals surface area contributed by atoms with Crippen molar-refractivity contribution in [3.63, 3.8) is 0 Å². The van der Waals surface area contributed by atoms with Crippen molar-refractivity contribution in [1.29, 1.82) is 0 Å². The number of likely N-dealkylation sites (tertiary alicyclic amines) is 1. The van der Waals surface area contributed by atoms with Gasteiger partial charge in [-0.25, -0.2) is 8.78 Å². The molecular weight excluding hydrogens is 532 g/mol. The van der Waals surface area contributed by atoms with E-state index < -0.39 is 41.3 Å². The molecule has 0 aliphatic carbocycles. The molecule has 0 bridgehead atoms. The van der Waals surface area contributed by atoms with Crippen LogP contribution in [0.2, 0.25) is 0 Å². The number of hydrogen-bond donors (Lipinski definition) is 3. The first-order chi connectivity index (χ1) is 19.2. The number of ether oxygens (including phenoxy) is 1. The molecule has 4 atom stereocenters. The summed E-state index contributed by atoms with van der Waals surface area (Å²) in [5.74, 6) is -2.66. The van der Waals surface area contributed by atoms with E-state index in [-0.39, 0.29) is 48.9 Å². The fourth-order valence-corrected chi connectivity index (χ4v) is 5.29. The van der Waals surface area contributed by atoms with Gasteiger partial charge < -0.3 is 20.1 Å². The van der Waals surface area contributed by atoms with Gasteiger partial charge in [0.05, 0.1) is 29.8 Å². The predicted octanol–water partition coefficient (Wildman–Crippen LogP) is 4.07. The third-order valence-electron chi connectivity index (χ3n) is 7.37. The second-order valence-corrected chi connectivity index (χ2v) is 11.4. The Hall–Kier alpha value is -3.37. The first-order valence-electron chi connectivity index (χ1n) is 14.0. The number of esters is 1. The van der Waals surface area contributed by atoms with Crippen LogP contribution in [0.1, 0.15) is 83.0 Å². The molecule has 3 rings (SSSR count). The highest BCUT2D eigenvalue weighted by molar-refractivity contribution is 5.84. The van der Waals surface area contributed by atoms with Gasteiger partial charge in [0.15, 0.2) is 0 Å². The van der Waals surface area contributed by atoms with Gasteiger partial charge >= 0.3 is 5.97 Å². The number of benzene rings is 2. The number of halogens is 2. The molecule has 1 aliphatic rings. The monoisotopic (exact) mass is 573 g/mol. The highest BCUT2D eigenvalue weighted by Crippen LogP contribution is 2.38. The average molecular weight is 574 g/mol. The van der Waals surface area contributed by atoms with Crippen LogP contribution < -0.4 is 10.6 Å². The molecule has 224 valence electrons. The van der Waals surface area contributed by atoms with E-state index in [1.54, 1.807) is 20.8 Å². The molecule has 8 nitrogen and oxygen atoms in total. The maximum Gasteiger partial charge on any atom is 0.325 e. The molecule has 0 saturated carbocycles. The lowest BCUT2D eigenvalue weighted by Crippen LogP contribution is -2.58. The molecule has 0 aromatic heterocycles. The molecule has 0 radical (unpaired) electrons. The van der Waals surface area contributed by atoms with Gasteiger partial charge in [-0.15, -0.1) is 0 Å². The van der Waals surface area contributed by atoms with E-state index in [1.165, 1.54) is 11.8 Å². The Morgan fingerprint density at radius 3 is 2.27 bits per heavy atom. The van der Waals surface area contributed by atoms with Crippen molar-refractivity contribution in [1.82, 2.24) is 15.5 Å². The fourth-order valence-electron chi connectivity index (χ4n) is 5.29. The summed E-state index contributed by atoms with van der Waals surface area (Å²) in [6.45, 7) is 10.5. The lowest BCUT2D eigenvalue weighted by molar-refractivity contribution is -0.154. The van der Waals surface area contributed by atoms with Crippen LogP contribution in [-0.2, 0) is 24.7 Å². The quantitative estimate of drug-likeness (QED) is 0.350. The van der Waals surface area contributed by atoms with Crippen molar-refractivity contribution in [2.24, 2.45) is 0 Å². The maximum atomic E-state index is 14.4. The van der Waals surface area contributed by atoms with E-state index in [2.05, 4.69) is 10.6 Å². The summed E-state index contributed by atoms with van der Waals surface area (Å²) in [5, 5.41) is 17.5. The molecule has 1 heterocycles. The van der Waals surface area contributed by atoms with Crippen LogP contribution in [0.15, 0.2) is 42.5 Å². The van der Waals surface area contributed by atoms with E-state index in [9.17, 15) is 28.3 Å². The van der Waals surface area contributed by atoms with Crippen molar-refractivity contribution in [2.75, 3.05) is 13.1 Å². The number of piperidine rings is 1. The Labute approximate surface area is 240 Å². The summed E-state index contributed by atoms with van der Waals surface area (Å²) >= 11 is 0. The fraction of sp³-hybridized carbons (Fsp3) is 0.516. The van der Waals surface area contributed by atoms with Crippen LogP contribution in [-0.4, -0.2) is 59.1 Å². The molecule has 10 heteroatoms. The lowest BCUT2D eigenvalue weighted by atomic mass is 9.77. The zero-order chi connectivity index (χ0) is 30.5. The molecule has 2 amide bonds. The summed E-state index contributed by atoms with van der Waals surface area (Å²) in [4.78, 5) is 39.1. The number of nitrogens with zero attached hydrogens (tertiary/aromatic N) is 1. The van der Waals surface area contributed by atoms with Gasteiger partial charge in [-0.05, 0) is 61.9 Å². The first kappa shape index (κ1) is 32.1. The molecule has 1 saturated heterocycles. The molecule has 2 aromatic rings. The standard InChI is InChI=1S/C31H41F2N3O5/c1-18(2)22-8-7-9-24(12-22)31(10-11-36(27(38)16-31)17-28(39)41-19(3)4)35-29(30(40)20(5)34-21(6)37)23-13-25(32)15-26(33)14-23/h7-9,12-15,18-20,29-30,35,40H,10-11,16-17H2,1-6H3,(H,34,37)/t20-,29?,30+,31+/m0/s1. The van der Waals surface area contributed by atoms with E-state index >= 15 is 0 Å². The molecule has 1 fully saturated rings. The molecular formula is C31H41F2N3O5. The van der Waals surface area contributed by atoms with Crippen LogP contribution in [0.4, 0.5) is 8.78 Å². The number of amides is 2. The summed E-state index contributed by atoms with van der Waals surface area (Å²) in [6.07, 6.45) is -1.38. The molecule has 2 aromatic carbocycles. The Kier molecular flexibility index (Phi) is 10.6. The van der Waals surface area contributed by atoms with Crippen molar-refractivity contribution in [3.05, 3.63) is 70.8 Å². The number of aliphatic hydroxyl groups excluding tert-OH is 1. The average Bonchev–Trinajstić information content (AvgIpc) is 2.87. The van der Waals surface area contributed by atoms with E-state index in [0.29, 0.717) is 6.42 Å². The number of carbonyl (C=O) groups is 3. The predicted molar refractivity (Wildman–Crippen MR) is 151 cm³/mol. The van der Waals surface area contributed by atoms with E-state index in [4.69, 9.17) is 4.74 Å². The lowest BCUT2D eigenvalue weighted by Gasteiger charge is -2.46. The van der Waals surface area contributed by atoms with E-state index in [1.807, 2.05) is 38.1 Å². The van der Waals surface area contributed by atoms with Gasteiger partial charge in [-0.1, -0.05) is 38.1 Å². The van der Waals surface area contributed by atoms with Crippen LogP contribution in [0.25, 0.3) is 0 Å². The van der Waals surface area contributed by atoms with Crippen molar-refractivity contribution in [2.45, 2.75) is 90.1 Å². The van der Waals surface area contributed by atoms with Crippen molar-refractivity contribution < 1.29 is 33.0 Å². The second kappa shape index (κ2) is 13.5. The van der Waals surface area contributed by atoms with Crippen LogP contribution in [0.5, 0.6) is 0 Å². The highest BCUT2D eigenvalue weighted by atomic mass is 19.1. The van der Waals surface area contributed by atoms with Gasteiger partial charge in [0, 0.05) is 26.0 Å². The van der Waals surface area contributed by atoms with E-state index in [0.717, 1.165) is 29.3 Å². The SMILES string of the molecule is CC(=O)N[C@@H](C)[C@@H](O)C(N[C@]1(c2cccc(C(C)C)c2)CCN(CC(=O)OC(C)C)C(=O)C1)c1cc(F)cc(F)c1. The minimum atomic E-state index is -1.32. The molecule has 41 heavy (non-hydrogen) atoms. The third-order valence-corrected chi connectivity index (χ3v) is 7.37. The molecule has 1 aliphatic heterocycles. The summed E-state index contributed by atoms with van der Waals surface area (Å²) in [5.41, 5.74) is 0.856. The smallest absolute Gasteiger partial charge is 0.325 e. The molecule has 0 spiro atoms. The zero-order valence-electron chi connectivity index (χ0n) is 24.5. The number of aliphatic hydroxyl groups is 1. The first-order valence-corrected chi connectivity index (χ1v) is 14.0. The highest BCUT2D eigenvalue weighted by Gasteiger charge is 2.44.